The number of nitrogens with zero attached hydrogens (tertiary/aromatic N) is 1. The van der Waals surface area contributed by atoms with Gasteiger partial charge in [-0.15, -0.1) is 0 Å². The van der Waals surface area contributed by atoms with Crippen molar-refractivity contribution < 1.29 is 9.47 Å². The van der Waals surface area contributed by atoms with Gasteiger partial charge in [-0.3, -0.25) is 4.90 Å². The van der Waals surface area contributed by atoms with Gasteiger partial charge in [-0.2, -0.15) is 0 Å². The molecule has 2 aliphatic rings. The molecule has 3 rings (SSSR count). The van der Waals surface area contributed by atoms with Crippen LogP contribution in [0.5, 0.6) is 11.5 Å². The number of fused-ring (bicyclic) bond motifs is 1. The fourth-order valence-corrected chi connectivity index (χ4v) is 3.05. The Morgan fingerprint density at radius 1 is 1.32 bits per heavy atom. The monoisotopic (exact) mass is 262 g/mol. The molecule has 4 heteroatoms. The van der Waals surface area contributed by atoms with E-state index >= 15 is 0 Å². The number of nitrogens with one attached hydrogen (secondary N) is 1. The molecule has 1 aromatic carbocycles. The van der Waals surface area contributed by atoms with E-state index in [2.05, 4.69) is 23.2 Å². The quantitative estimate of drug-likeness (QED) is 0.869. The number of rotatable bonds is 2. The maximum Gasteiger partial charge on any atom is 0.164 e. The van der Waals surface area contributed by atoms with Gasteiger partial charge < -0.3 is 14.8 Å². The van der Waals surface area contributed by atoms with E-state index in [1.54, 1.807) is 7.11 Å². The predicted octanol–water partition coefficient (Wildman–Crippen LogP) is 1.21. The normalized spacial score (nSPS) is 23.6. The van der Waals surface area contributed by atoms with Crippen molar-refractivity contribution in [2.45, 2.75) is 19.4 Å². The first-order valence-electron chi connectivity index (χ1n) is 7.03. The van der Waals surface area contributed by atoms with E-state index in [-0.39, 0.29) is 0 Å². The molecule has 0 radical (unpaired) electrons. The van der Waals surface area contributed by atoms with Crippen molar-refractivity contribution in [2.75, 3.05) is 39.9 Å². The fraction of sp³-hybridized carbons (Fsp3) is 0.600. The van der Waals surface area contributed by atoms with Crippen LogP contribution in [0.15, 0.2) is 12.1 Å². The van der Waals surface area contributed by atoms with Gasteiger partial charge in [0.25, 0.3) is 0 Å². The Balaban J connectivity index is 1.81. The van der Waals surface area contributed by atoms with E-state index in [1.165, 1.54) is 11.1 Å². The summed E-state index contributed by atoms with van der Waals surface area (Å²) in [4.78, 5) is 2.54. The Morgan fingerprint density at radius 2 is 2.11 bits per heavy atom. The molecule has 0 spiro atoms. The Hall–Kier alpha value is -1.26. The van der Waals surface area contributed by atoms with Gasteiger partial charge in [-0.25, -0.2) is 0 Å². The molecule has 1 saturated heterocycles. The van der Waals surface area contributed by atoms with E-state index in [0.29, 0.717) is 6.04 Å². The molecule has 2 aliphatic heterocycles. The minimum Gasteiger partial charge on any atom is -0.493 e. The zero-order chi connectivity index (χ0) is 13.2. The van der Waals surface area contributed by atoms with Crippen molar-refractivity contribution in [3.63, 3.8) is 0 Å². The van der Waals surface area contributed by atoms with Crippen molar-refractivity contribution in [3.8, 4) is 11.5 Å². The molecular weight excluding hydrogens is 240 g/mol. The molecule has 0 amide bonds. The fourth-order valence-electron chi connectivity index (χ4n) is 3.05. The highest BCUT2D eigenvalue weighted by Crippen LogP contribution is 2.36. The minimum atomic E-state index is 0.501. The van der Waals surface area contributed by atoms with Crippen molar-refractivity contribution in [3.05, 3.63) is 23.3 Å². The van der Waals surface area contributed by atoms with Crippen LogP contribution in [0, 0.1) is 6.92 Å². The summed E-state index contributed by atoms with van der Waals surface area (Å²) in [5.74, 6) is 1.81. The molecule has 1 fully saturated rings. The first kappa shape index (κ1) is 12.8. The number of methoxy groups -OCH3 is 1. The number of aryl methyl sites for hydroxylation is 1. The summed E-state index contributed by atoms with van der Waals surface area (Å²) in [5.41, 5.74) is 2.52. The molecule has 0 aliphatic carbocycles. The molecular formula is C15H22N2O2. The largest absolute Gasteiger partial charge is 0.493 e. The van der Waals surface area contributed by atoms with Crippen LogP contribution in [-0.2, 0) is 6.42 Å². The maximum absolute atomic E-state index is 5.98. The lowest BCUT2D eigenvalue weighted by Crippen LogP contribution is -2.52. The number of piperazine rings is 1. The standard InChI is InChI=1S/C15H22N2O2/c1-11-7-12-9-13(17-5-3-16-4-6-17)10-19-15(12)14(8-11)18-2/h7-8,13,16H,3-6,9-10H2,1-2H3. The van der Waals surface area contributed by atoms with Gasteiger partial charge in [0, 0.05) is 32.2 Å². The summed E-state index contributed by atoms with van der Waals surface area (Å²) < 4.78 is 11.4. The van der Waals surface area contributed by atoms with E-state index in [1.807, 2.05) is 6.07 Å². The van der Waals surface area contributed by atoms with Gasteiger partial charge >= 0.3 is 0 Å². The summed E-state index contributed by atoms with van der Waals surface area (Å²) in [7, 11) is 1.71. The molecule has 19 heavy (non-hydrogen) atoms. The molecule has 1 atom stereocenters. The van der Waals surface area contributed by atoms with Crippen molar-refractivity contribution in [1.29, 1.82) is 0 Å². The van der Waals surface area contributed by atoms with Gasteiger partial charge in [-0.1, -0.05) is 6.07 Å². The third-order valence-electron chi connectivity index (χ3n) is 4.04. The maximum atomic E-state index is 5.98. The van der Waals surface area contributed by atoms with Crippen LogP contribution >= 0.6 is 0 Å². The second-order valence-corrected chi connectivity index (χ2v) is 5.41. The highest BCUT2D eigenvalue weighted by molar-refractivity contribution is 5.50. The van der Waals surface area contributed by atoms with Gasteiger partial charge in [0.15, 0.2) is 11.5 Å². The molecule has 0 saturated carbocycles. The van der Waals surface area contributed by atoms with Crippen LogP contribution < -0.4 is 14.8 Å². The zero-order valence-corrected chi connectivity index (χ0v) is 11.7. The number of hydrogen-bond acceptors (Lipinski definition) is 4. The zero-order valence-electron chi connectivity index (χ0n) is 11.7. The first-order chi connectivity index (χ1) is 9.28. The Labute approximate surface area is 114 Å². The van der Waals surface area contributed by atoms with Crippen LogP contribution in [-0.4, -0.2) is 50.8 Å². The Kier molecular flexibility index (Phi) is 3.62. The summed E-state index contributed by atoms with van der Waals surface area (Å²) >= 11 is 0. The van der Waals surface area contributed by atoms with Gasteiger partial charge in [-0.05, 0) is 30.5 Å². The van der Waals surface area contributed by atoms with Gasteiger partial charge in [0.2, 0.25) is 0 Å². The number of hydrogen-bond donors (Lipinski definition) is 1. The third kappa shape index (κ3) is 2.55. The molecule has 1 unspecified atom stereocenters. The van der Waals surface area contributed by atoms with Crippen LogP contribution in [0.2, 0.25) is 0 Å². The smallest absolute Gasteiger partial charge is 0.164 e. The van der Waals surface area contributed by atoms with Gasteiger partial charge in [0.1, 0.15) is 6.61 Å². The number of ether oxygens (including phenoxy) is 2. The van der Waals surface area contributed by atoms with Crippen molar-refractivity contribution in [2.24, 2.45) is 0 Å². The highest BCUT2D eigenvalue weighted by Gasteiger charge is 2.28. The second-order valence-electron chi connectivity index (χ2n) is 5.41. The second kappa shape index (κ2) is 5.39. The SMILES string of the molecule is COc1cc(C)cc2c1OCC(N1CCNCC1)C2. The van der Waals surface area contributed by atoms with Crippen LogP contribution in [0.1, 0.15) is 11.1 Å². The lowest BCUT2D eigenvalue weighted by molar-refractivity contribution is 0.105. The molecule has 0 aromatic heterocycles. The minimum absolute atomic E-state index is 0.501. The van der Waals surface area contributed by atoms with E-state index in [9.17, 15) is 0 Å². The van der Waals surface area contributed by atoms with Gasteiger partial charge in [0.05, 0.1) is 7.11 Å². The molecule has 104 valence electrons. The van der Waals surface area contributed by atoms with E-state index in [0.717, 1.165) is 50.7 Å². The van der Waals surface area contributed by atoms with Crippen LogP contribution in [0.25, 0.3) is 0 Å². The number of benzene rings is 1. The summed E-state index contributed by atoms with van der Waals surface area (Å²) in [6, 6.07) is 4.78. The summed E-state index contributed by atoms with van der Waals surface area (Å²) in [5, 5.41) is 3.40. The van der Waals surface area contributed by atoms with E-state index < -0.39 is 0 Å². The lowest BCUT2D eigenvalue weighted by Gasteiger charge is -2.37. The topological polar surface area (TPSA) is 33.7 Å². The molecule has 2 heterocycles. The lowest BCUT2D eigenvalue weighted by atomic mass is 9.98. The Morgan fingerprint density at radius 3 is 2.84 bits per heavy atom. The molecule has 4 nitrogen and oxygen atoms in total. The van der Waals surface area contributed by atoms with E-state index in [4.69, 9.17) is 9.47 Å². The molecule has 1 N–H and O–H groups in total. The molecule has 1 aromatic rings. The Bertz CT molecular complexity index is 456. The predicted molar refractivity (Wildman–Crippen MR) is 75.2 cm³/mol. The van der Waals surface area contributed by atoms with Crippen LogP contribution in [0.4, 0.5) is 0 Å². The van der Waals surface area contributed by atoms with Crippen molar-refractivity contribution >= 4 is 0 Å². The highest BCUT2D eigenvalue weighted by atomic mass is 16.5. The first-order valence-corrected chi connectivity index (χ1v) is 7.03. The summed E-state index contributed by atoms with van der Waals surface area (Å²) in [6.45, 7) is 7.28. The average Bonchev–Trinajstić information content (AvgIpc) is 2.46. The third-order valence-corrected chi connectivity index (χ3v) is 4.04. The van der Waals surface area contributed by atoms with Crippen LogP contribution in [0.3, 0.4) is 0 Å². The molecule has 0 bridgehead atoms. The van der Waals surface area contributed by atoms with Crippen molar-refractivity contribution in [1.82, 2.24) is 10.2 Å². The summed E-state index contributed by atoms with van der Waals surface area (Å²) in [6.07, 6.45) is 1.06. The average molecular weight is 262 g/mol.